The molecule has 4 rings (SSSR count). The summed E-state index contributed by atoms with van der Waals surface area (Å²) in [5.74, 6) is 1.25. The van der Waals surface area contributed by atoms with Gasteiger partial charge in [-0.1, -0.05) is 44.9 Å². The summed E-state index contributed by atoms with van der Waals surface area (Å²) < 4.78 is 5.95. The first-order valence-corrected chi connectivity index (χ1v) is 13.1. The summed E-state index contributed by atoms with van der Waals surface area (Å²) in [4.78, 5) is 28.2. The standard InChI is InChI=1S/C28H44N2O3/c1-6-26(3)13-10-23-22(18-26)8-9-24-27(4,11-7-12-28(23,24)5)20-33-25(32)19-29-14-16-30(17-15-29)21(2)31/h6,10,22,24H,1,7-9,11-20H2,2-5H3/t22-,24+,26-,27-,28-/m0/s1. The molecule has 3 aliphatic carbocycles. The Balaban J connectivity index is 1.37. The first-order valence-electron chi connectivity index (χ1n) is 13.1. The minimum Gasteiger partial charge on any atom is -0.464 e. The Kier molecular flexibility index (Phi) is 6.83. The summed E-state index contributed by atoms with van der Waals surface area (Å²) >= 11 is 0. The number of amides is 1. The predicted octanol–water partition coefficient (Wildman–Crippen LogP) is 4.83. The Bertz CT molecular complexity index is 814. The van der Waals surface area contributed by atoms with Crippen LogP contribution in [0.25, 0.3) is 0 Å². The van der Waals surface area contributed by atoms with Gasteiger partial charge < -0.3 is 9.64 Å². The zero-order valence-electron chi connectivity index (χ0n) is 21.3. The van der Waals surface area contributed by atoms with E-state index in [-0.39, 0.29) is 28.1 Å². The first-order chi connectivity index (χ1) is 15.6. The molecule has 1 amide bonds. The molecule has 1 saturated heterocycles. The monoisotopic (exact) mass is 456 g/mol. The number of rotatable bonds is 5. The highest BCUT2D eigenvalue weighted by atomic mass is 16.5. The van der Waals surface area contributed by atoms with Crippen LogP contribution in [-0.4, -0.2) is 61.0 Å². The zero-order valence-corrected chi connectivity index (χ0v) is 21.3. The van der Waals surface area contributed by atoms with Crippen molar-refractivity contribution >= 4 is 11.9 Å². The van der Waals surface area contributed by atoms with Crippen LogP contribution in [0.1, 0.15) is 72.6 Å². The molecular weight excluding hydrogens is 412 g/mol. The van der Waals surface area contributed by atoms with Crippen LogP contribution in [0.5, 0.6) is 0 Å². The van der Waals surface area contributed by atoms with Gasteiger partial charge in [0.2, 0.25) is 5.91 Å². The van der Waals surface area contributed by atoms with E-state index >= 15 is 0 Å². The largest absolute Gasteiger partial charge is 0.464 e. The maximum Gasteiger partial charge on any atom is 0.320 e. The van der Waals surface area contributed by atoms with Crippen molar-refractivity contribution in [2.45, 2.75) is 72.6 Å². The number of carbonyl (C=O) groups is 2. The van der Waals surface area contributed by atoms with Crippen LogP contribution in [0, 0.1) is 28.1 Å². The Hall–Kier alpha value is -1.62. The zero-order chi connectivity index (χ0) is 23.9. The van der Waals surface area contributed by atoms with E-state index in [2.05, 4.69) is 44.4 Å². The maximum absolute atomic E-state index is 12.7. The Morgan fingerprint density at radius 1 is 1.15 bits per heavy atom. The van der Waals surface area contributed by atoms with E-state index in [1.807, 2.05) is 4.90 Å². The number of piperazine rings is 1. The summed E-state index contributed by atoms with van der Waals surface area (Å²) in [5, 5.41) is 0. The lowest BCUT2D eigenvalue weighted by molar-refractivity contribution is -0.154. The molecule has 0 bridgehead atoms. The minimum absolute atomic E-state index is 0.0426. The third-order valence-electron chi connectivity index (χ3n) is 9.68. The second kappa shape index (κ2) is 9.20. The van der Waals surface area contributed by atoms with Gasteiger partial charge in [-0.2, -0.15) is 0 Å². The number of esters is 1. The molecule has 0 N–H and O–H groups in total. The maximum atomic E-state index is 12.7. The predicted molar refractivity (Wildman–Crippen MR) is 132 cm³/mol. The van der Waals surface area contributed by atoms with Crippen molar-refractivity contribution in [3.63, 3.8) is 0 Å². The van der Waals surface area contributed by atoms with E-state index in [0.29, 0.717) is 38.1 Å². The Morgan fingerprint density at radius 3 is 2.55 bits per heavy atom. The van der Waals surface area contributed by atoms with Crippen molar-refractivity contribution in [1.82, 2.24) is 9.80 Å². The van der Waals surface area contributed by atoms with Crippen LogP contribution in [0.4, 0.5) is 0 Å². The van der Waals surface area contributed by atoms with Crippen LogP contribution in [0.2, 0.25) is 0 Å². The highest BCUT2D eigenvalue weighted by Gasteiger charge is 2.55. The van der Waals surface area contributed by atoms with Crippen LogP contribution in [0.3, 0.4) is 0 Å². The average molecular weight is 457 g/mol. The number of hydrogen-bond acceptors (Lipinski definition) is 4. The van der Waals surface area contributed by atoms with Gasteiger partial charge in [0, 0.05) is 38.5 Å². The van der Waals surface area contributed by atoms with E-state index in [4.69, 9.17) is 4.74 Å². The molecule has 0 unspecified atom stereocenters. The van der Waals surface area contributed by atoms with Gasteiger partial charge in [0.05, 0.1) is 13.2 Å². The second-order valence-electron chi connectivity index (χ2n) is 12.1. The number of ether oxygens (including phenoxy) is 1. The molecule has 0 spiro atoms. The SMILES string of the molecule is C=C[C@@]1(C)CC=C2[C@@H](CC[C@@H]3[C@](C)(COC(=O)CN4CCN(C(C)=O)CC4)CCC[C@@]23C)C1. The lowest BCUT2D eigenvalue weighted by Gasteiger charge is -2.59. The molecule has 5 nitrogen and oxygen atoms in total. The molecule has 4 aliphatic rings. The molecule has 33 heavy (non-hydrogen) atoms. The molecule has 0 aromatic carbocycles. The molecule has 0 aromatic heterocycles. The van der Waals surface area contributed by atoms with Crippen molar-refractivity contribution in [3.8, 4) is 0 Å². The molecule has 1 aliphatic heterocycles. The average Bonchev–Trinajstić information content (AvgIpc) is 2.78. The van der Waals surface area contributed by atoms with Crippen LogP contribution >= 0.6 is 0 Å². The van der Waals surface area contributed by atoms with E-state index in [1.54, 1.807) is 12.5 Å². The van der Waals surface area contributed by atoms with E-state index in [1.165, 1.54) is 32.1 Å². The molecule has 184 valence electrons. The van der Waals surface area contributed by atoms with Gasteiger partial charge in [-0.05, 0) is 61.2 Å². The highest BCUT2D eigenvalue weighted by Crippen LogP contribution is 2.63. The van der Waals surface area contributed by atoms with E-state index < -0.39 is 0 Å². The van der Waals surface area contributed by atoms with Crippen molar-refractivity contribution in [2.24, 2.45) is 28.1 Å². The fourth-order valence-electron chi connectivity index (χ4n) is 7.61. The quantitative estimate of drug-likeness (QED) is 0.439. The topological polar surface area (TPSA) is 49.9 Å². The molecule has 5 heteroatoms. The molecule has 5 atom stereocenters. The van der Waals surface area contributed by atoms with Crippen LogP contribution in [-0.2, 0) is 14.3 Å². The first kappa shape index (κ1) is 24.5. The second-order valence-corrected chi connectivity index (χ2v) is 12.1. The van der Waals surface area contributed by atoms with E-state index in [0.717, 1.165) is 25.9 Å². The number of allylic oxidation sites excluding steroid dienone is 3. The number of hydrogen-bond donors (Lipinski definition) is 0. The summed E-state index contributed by atoms with van der Waals surface area (Å²) in [7, 11) is 0. The number of carbonyl (C=O) groups excluding carboxylic acids is 2. The fourth-order valence-corrected chi connectivity index (χ4v) is 7.61. The summed E-state index contributed by atoms with van der Waals surface area (Å²) in [6, 6.07) is 0. The molecule has 0 radical (unpaired) electrons. The molecule has 3 fully saturated rings. The molecule has 2 saturated carbocycles. The highest BCUT2D eigenvalue weighted by molar-refractivity contribution is 5.73. The molecule has 0 aromatic rings. The molecule has 1 heterocycles. The van der Waals surface area contributed by atoms with Crippen molar-refractivity contribution in [1.29, 1.82) is 0 Å². The van der Waals surface area contributed by atoms with Gasteiger partial charge in [0.1, 0.15) is 0 Å². The normalized spacial score (nSPS) is 39.2. The van der Waals surface area contributed by atoms with Gasteiger partial charge in [-0.15, -0.1) is 6.58 Å². The third kappa shape index (κ3) is 4.80. The number of fused-ring (bicyclic) bond motifs is 3. The Morgan fingerprint density at radius 2 is 1.88 bits per heavy atom. The summed E-state index contributed by atoms with van der Waals surface area (Å²) in [5.41, 5.74) is 2.20. The fraction of sp³-hybridized carbons (Fsp3) is 0.786. The third-order valence-corrected chi connectivity index (χ3v) is 9.68. The molecular formula is C28H44N2O3. The Labute approximate surface area is 200 Å². The lowest BCUT2D eigenvalue weighted by Crippen LogP contribution is -2.52. The van der Waals surface area contributed by atoms with E-state index in [9.17, 15) is 9.59 Å². The van der Waals surface area contributed by atoms with Crippen molar-refractivity contribution < 1.29 is 14.3 Å². The van der Waals surface area contributed by atoms with Gasteiger partial charge >= 0.3 is 5.97 Å². The summed E-state index contributed by atoms with van der Waals surface area (Å²) in [6.45, 7) is 16.7. The van der Waals surface area contributed by atoms with Crippen molar-refractivity contribution in [2.75, 3.05) is 39.3 Å². The van der Waals surface area contributed by atoms with Crippen LogP contribution in [0.15, 0.2) is 24.3 Å². The van der Waals surface area contributed by atoms with Gasteiger partial charge in [0.15, 0.2) is 0 Å². The summed E-state index contributed by atoms with van der Waals surface area (Å²) in [6.07, 6.45) is 13.1. The minimum atomic E-state index is -0.118. The lowest BCUT2D eigenvalue weighted by atomic mass is 9.46. The van der Waals surface area contributed by atoms with Gasteiger partial charge in [0.25, 0.3) is 0 Å². The van der Waals surface area contributed by atoms with Gasteiger partial charge in [-0.3, -0.25) is 14.5 Å². The smallest absolute Gasteiger partial charge is 0.320 e. The van der Waals surface area contributed by atoms with Gasteiger partial charge in [-0.25, -0.2) is 0 Å². The van der Waals surface area contributed by atoms with Crippen molar-refractivity contribution in [3.05, 3.63) is 24.3 Å². The number of nitrogens with zero attached hydrogens (tertiary/aromatic N) is 2. The van der Waals surface area contributed by atoms with Crippen LogP contribution < -0.4 is 0 Å².